The van der Waals surface area contributed by atoms with Crippen molar-refractivity contribution in [2.45, 2.75) is 45.6 Å². The molecule has 0 saturated carbocycles. The van der Waals surface area contributed by atoms with E-state index in [9.17, 15) is 0 Å². The maximum Gasteiger partial charge on any atom is 0.0661 e. The van der Waals surface area contributed by atoms with E-state index in [-0.39, 0.29) is 5.54 Å². The van der Waals surface area contributed by atoms with Gasteiger partial charge in [0.1, 0.15) is 0 Å². The lowest BCUT2D eigenvalue weighted by atomic mass is 9.82. The van der Waals surface area contributed by atoms with Gasteiger partial charge in [-0.25, -0.2) is 0 Å². The highest BCUT2D eigenvalue weighted by molar-refractivity contribution is 4.96. The highest BCUT2D eigenvalue weighted by Gasteiger charge is 2.40. The molecule has 0 aromatic carbocycles. The number of piperidine rings is 1. The van der Waals surface area contributed by atoms with Gasteiger partial charge >= 0.3 is 0 Å². The summed E-state index contributed by atoms with van der Waals surface area (Å²) in [5.74, 6) is 1.45. The molecule has 1 unspecified atom stereocenters. The van der Waals surface area contributed by atoms with E-state index >= 15 is 0 Å². The molecule has 0 spiro atoms. The summed E-state index contributed by atoms with van der Waals surface area (Å²) in [5, 5.41) is 0. The smallest absolute Gasteiger partial charge is 0.0661 e. The maximum absolute atomic E-state index is 6.07. The summed E-state index contributed by atoms with van der Waals surface area (Å²) in [5.41, 5.74) is 6.11. The fourth-order valence-corrected chi connectivity index (χ4v) is 3.08. The predicted octanol–water partition coefficient (Wildman–Crippen LogP) is 2.11. The van der Waals surface area contributed by atoms with Gasteiger partial charge in [0.2, 0.25) is 0 Å². The summed E-state index contributed by atoms with van der Waals surface area (Å²) >= 11 is 0. The van der Waals surface area contributed by atoms with Gasteiger partial charge in [-0.2, -0.15) is 0 Å². The van der Waals surface area contributed by atoms with Gasteiger partial charge in [0, 0.05) is 13.7 Å². The van der Waals surface area contributed by atoms with E-state index in [0.29, 0.717) is 12.5 Å². The summed E-state index contributed by atoms with van der Waals surface area (Å²) in [7, 11) is 1.78. The van der Waals surface area contributed by atoms with Crippen molar-refractivity contribution in [1.82, 2.24) is 4.90 Å². The molecule has 0 aliphatic carbocycles. The Bertz CT molecular complexity index is 212. The monoisotopic (exact) mass is 242 g/mol. The number of rotatable bonds is 6. The Kier molecular flexibility index (Phi) is 5.90. The molecule has 1 heterocycles. The Morgan fingerprint density at radius 2 is 1.94 bits per heavy atom. The van der Waals surface area contributed by atoms with Crippen LogP contribution in [0.2, 0.25) is 0 Å². The average Bonchev–Trinajstić information content (AvgIpc) is 2.36. The Morgan fingerprint density at radius 1 is 1.35 bits per heavy atom. The highest BCUT2D eigenvalue weighted by atomic mass is 16.5. The number of methoxy groups -OCH3 is 1. The number of nitrogens with zero attached hydrogens (tertiary/aromatic N) is 1. The summed E-state index contributed by atoms with van der Waals surface area (Å²) in [6, 6.07) is 0. The molecule has 1 aliphatic heterocycles. The Balaban J connectivity index is 2.71. The third-order valence-corrected chi connectivity index (χ3v) is 4.64. The van der Waals surface area contributed by atoms with Crippen LogP contribution in [0.1, 0.15) is 40.0 Å². The first-order chi connectivity index (χ1) is 8.10. The van der Waals surface area contributed by atoms with Gasteiger partial charge in [0.05, 0.1) is 12.1 Å². The number of hydrogen-bond donors (Lipinski definition) is 1. The zero-order chi connectivity index (χ0) is 12.9. The van der Waals surface area contributed by atoms with Crippen molar-refractivity contribution in [2.75, 3.05) is 33.4 Å². The van der Waals surface area contributed by atoms with E-state index in [1.807, 2.05) is 0 Å². The topological polar surface area (TPSA) is 38.5 Å². The lowest BCUT2D eigenvalue weighted by Gasteiger charge is -2.48. The van der Waals surface area contributed by atoms with Gasteiger partial charge < -0.3 is 10.5 Å². The molecule has 0 aromatic heterocycles. The maximum atomic E-state index is 6.07. The van der Waals surface area contributed by atoms with Crippen LogP contribution in [0.3, 0.4) is 0 Å². The van der Waals surface area contributed by atoms with Crippen molar-refractivity contribution in [2.24, 2.45) is 17.6 Å². The van der Waals surface area contributed by atoms with Crippen molar-refractivity contribution in [3.63, 3.8) is 0 Å². The normalized spacial score (nSPS) is 22.9. The third kappa shape index (κ3) is 3.21. The largest absolute Gasteiger partial charge is 0.383 e. The van der Waals surface area contributed by atoms with Crippen LogP contribution in [0.5, 0.6) is 0 Å². The number of ether oxygens (including phenoxy) is 1. The van der Waals surface area contributed by atoms with Crippen LogP contribution in [0.4, 0.5) is 0 Å². The quantitative estimate of drug-likeness (QED) is 0.775. The summed E-state index contributed by atoms with van der Waals surface area (Å²) in [6.45, 7) is 10.6. The molecular weight excluding hydrogens is 212 g/mol. The van der Waals surface area contributed by atoms with Gasteiger partial charge in [-0.3, -0.25) is 4.90 Å². The molecule has 1 atom stereocenters. The molecule has 1 saturated heterocycles. The lowest BCUT2D eigenvalue weighted by Crippen LogP contribution is -2.62. The summed E-state index contributed by atoms with van der Waals surface area (Å²) < 4.78 is 5.44. The first-order valence-electron chi connectivity index (χ1n) is 7.04. The second-order valence-corrected chi connectivity index (χ2v) is 5.73. The fourth-order valence-electron chi connectivity index (χ4n) is 3.08. The van der Waals surface area contributed by atoms with Crippen molar-refractivity contribution in [3.05, 3.63) is 0 Å². The summed E-state index contributed by atoms with van der Waals surface area (Å²) in [6.07, 6.45) is 3.94. The second-order valence-electron chi connectivity index (χ2n) is 5.73. The fraction of sp³-hybridized carbons (Fsp3) is 1.00. The first kappa shape index (κ1) is 14.9. The molecule has 1 aliphatic rings. The number of likely N-dealkylation sites (tertiary alicyclic amines) is 1. The molecule has 1 rings (SSSR count). The Hall–Kier alpha value is -0.120. The highest BCUT2D eigenvalue weighted by Crippen LogP contribution is 2.30. The van der Waals surface area contributed by atoms with E-state index in [0.717, 1.165) is 12.5 Å². The molecule has 0 aromatic rings. The Labute approximate surface area is 107 Å². The predicted molar refractivity (Wildman–Crippen MR) is 73.1 cm³/mol. The first-order valence-corrected chi connectivity index (χ1v) is 7.04. The second kappa shape index (κ2) is 6.72. The molecule has 102 valence electrons. The van der Waals surface area contributed by atoms with Crippen LogP contribution in [0.25, 0.3) is 0 Å². The van der Waals surface area contributed by atoms with Crippen LogP contribution in [0.15, 0.2) is 0 Å². The number of hydrogen-bond acceptors (Lipinski definition) is 3. The minimum Gasteiger partial charge on any atom is -0.383 e. The molecule has 0 amide bonds. The van der Waals surface area contributed by atoms with Crippen LogP contribution in [-0.2, 0) is 4.74 Å². The van der Waals surface area contributed by atoms with E-state index in [1.54, 1.807) is 7.11 Å². The third-order valence-electron chi connectivity index (χ3n) is 4.64. The van der Waals surface area contributed by atoms with Gasteiger partial charge in [0.15, 0.2) is 0 Å². The van der Waals surface area contributed by atoms with E-state index < -0.39 is 0 Å². The van der Waals surface area contributed by atoms with Crippen molar-refractivity contribution < 1.29 is 4.74 Å². The van der Waals surface area contributed by atoms with E-state index in [2.05, 4.69) is 25.7 Å². The molecule has 0 bridgehead atoms. The minimum atomic E-state index is 0.0352. The van der Waals surface area contributed by atoms with Crippen LogP contribution >= 0.6 is 0 Å². The zero-order valence-electron chi connectivity index (χ0n) is 12.0. The van der Waals surface area contributed by atoms with Gasteiger partial charge in [-0.15, -0.1) is 0 Å². The standard InChI is InChI=1S/C14H30N2O/c1-5-13-6-8-16(9-7-13)14(10-15,11-17-4)12(2)3/h12-13H,5-11,15H2,1-4H3. The molecule has 3 heteroatoms. The van der Waals surface area contributed by atoms with Gasteiger partial charge in [-0.05, 0) is 37.8 Å². The minimum absolute atomic E-state index is 0.0352. The zero-order valence-corrected chi connectivity index (χ0v) is 12.0. The van der Waals surface area contributed by atoms with Gasteiger partial charge in [0.25, 0.3) is 0 Å². The van der Waals surface area contributed by atoms with Crippen molar-refractivity contribution >= 4 is 0 Å². The van der Waals surface area contributed by atoms with Crippen LogP contribution in [0, 0.1) is 11.8 Å². The van der Waals surface area contributed by atoms with Crippen LogP contribution in [-0.4, -0.2) is 43.8 Å². The Morgan fingerprint density at radius 3 is 2.29 bits per heavy atom. The lowest BCUT2D eigenvalue weighted by molar-refractivity contribution is -0.0333. The SMILES string of the molecule is CCC1CCN(C(CN)(COC)C(C)C)CC1. The molecule has 0 radical (unpaired) electrons. The molecular formula is C14H30N2O. The molecule has 2 N–H and O–H groups in total. The molecule has 1 fully saturated rings. The van der Waals surface area contributed by atoms with E-state index in [1.165, 1.54) is 32.4 Å². The number of nitrogens with two attached hydrogens (primary N) is 1. The average molecular weight is 242 g/mol. The van der Waals surface area contributed by atoms with Crippen molar-refractivity contribution in [3.8, 4) is 0 Å². The van der Waals surface area contributed by atoms with E-state index in [4.69, 9.17) is 10.5 Å². The molecule has 17 heavy (non-hydrogen) atoms. The molecule has 3 nitrogen and oxygen atoms in total. The van der Waals surface area contributed by atoms with Crippen LogP contribution < -0.4 is 5.73 Å². The van der Waals surface area contributed by atoms with Crippen molar-refractivity contribution in [1.29, 1.82) is 0 Å². The van der Waals surface area contributed by atoms with Gasteiger partial charge in [-0.1, -0.05) is 27.2 Å². The summed E-state index contributed by atoms with van der Waals surface area (Å²) in [4.78, 5) is 2.58.